The molecule has 15 heavy (non-hydrogen) atoms. The van der Waals surface area contributed by atoms with Crippen LogP contribution in [0.2, 0.25) is 0 Å². The summed E-state index contributed by atoms with van der Waals surface area (Å²) in [5.41, 5.74) is 0.623. The smallest absolute Gasteiger partial charge is 0.334 e. The van der Waals surface area contributed by atoms with E-state index in [1.165, 1.54) is 0 Å². The van der Waals surface area contributed by atoms with E-state index in [1.54, 1.807) is 41.5 Å². The first kappa shape index (κ1) is 13.9. The number of rotatable bonds is 2. The number of hydrogen-bond acceptors (Lipinski definition) is 5. The summed E-state index contributed by atoms with van der Waals surface area (Å²) in [6.07, 6.45) is 0. The normalized spacial score (nSPS) is 12.1. The van der Waals surface area contributed by atoms with Crippen LogP contribution in [0.4, 0.5) is 0 Å². The predicted molar refractivity (Wildman–Crippen MR) is 54.2 cm³/mol. The van der Waals surface area contributed by atoms with Crippen molar-refractivity contribution in [2.24, 2.45) is 10.8 Å². The van der Waals surface area contributed by atoms with Crippen molar-refractivity contribution in [3.05, 3.63) is 0 Å². The first-order valence-electron chi connectivity index (χ1n) is 4.72. The molecule has 0 heterocycles. The minimum Gasteiger partial charge on any atom is -0.335 e. The van der Waals surface area contributed by atoms with Crippen LogP contribution in [0.15, 0.2) is 0 Å². The minimum absolute atomic E-state index is 0.496. The summed E-state index contributed by atoms with van der Waals surface area (Å²) in [4.78, 5) is 31.5. The number of carbonyl (C=O) groups excluding carboxylic acids is 2. The van der Waals surface area contributed by atoms with E-state index in [0.29, 0.717) is 0 Å². The Kier molecular flexibility index (Phi) is 4.27. The minimum atomic E-state index is -0.638. The highest BCUT2D eigenvalue weighted by Crippen LogP contribution is 2.16. The molecule has 0 bridgehead atoms. The second-order valence-corrected chi connectivity index (χ2v) is 5.36. The molecule has 0 aliphatic rings. The van der Waals surface area contributed by atoms with Crippen molar-refractivity contribution in [2.45, 2.75) is 41.5 Å². The lowest BCUT2D eigenvalue weighted by molar-refractivity contribution is -0.209. The van der Waals surface area contributed by atoms with E-state index >= 15 is 0 Å². The molecule has 0 aliphatic heterocycles. The lowest BCUT2D eigenvalue weighted by atomic mass is 9.98. The Bertz CT molecular complexity index is 221. The number of carbonyl (C=O) groups is 2. The van der Waals surface area contributed by atoms with Gasteiger partial charge >= 0.3 is 11.9 Å². The molecular formula is C10H19NO4. The van der Waals surface area contributed by atoms with Gasteiger partial charge in [0.15, 0.2) is 0 Å². The Morgan fingerprint density at radius 3 is 1.27 bits per heavy atom. The van der Waals surface area contributed by atoms with Crippen molar-refractivity contribution < 1.29 is 19.3 Å². The highest BCUT2D eigenvalue weighted by Gasteiger charge is 2.26. The first-order chi connectivity index (χ1) is 6.55. The van der Waals surface area contributed by atoms with Gasteiger partial charge in [-0.2, -0.15) is 0 Å². The third-order valence-corrected chi connectivity index (χ3v) is 1.49. The molecule has 5 nitrogen and oxygen atoms in total. The van der Waals surface area contributed by atoms with E-state index in [2.05, 4.69) is 9.68 Å². The topological polar surface area (TPSA) is 64.6 Å². The monoisotopic (exact) mass is 217 g/mol. The molecule has 0 aliphatic carbocycles. The SMILES string of the molecule is CC(C)(C)C(=O)ONOC(=O)C(C)(C)C. The Hall–Kier alpha value is -1.10. The molecule has 88 valence electrons. The van der Waals surface area contributed by atoms with Crippen molar-refractivity contribution >= 4 is 11.9 Å². The molecule has 0 fully saturated rings. The van der Waals surface area contributed by atoms with Gasteiger partial charge in [-0.05, 0) is 41.5 Å². The fraction of sp³-hybridized carbons (Fsp3) is 0.800. The second-order valence-electron chi connectivity index (χ2n) is 5.36. The zero-order valence-corrected chi connectivity index (χ0v) is 10.1. The molecular weight excluding hydrogens is 198 g/mol. The van der Waals surface area contributed by atoms with Crippen molar-refractivity contribution in [1.29, 1.82) is 0 Å². The van der Waals surface area contributed by atoms with Crippen molar-refractivity contribution in [3.8, 4) is 0 Å². The highest BCUT2D eigenvalue weighted by atomic mass is 16.9. The van der Waals surface area contributed by atoms with Gasteiger partial charge in [0.25, 0.3) is 0 Å². The maximum Gasteiger partial charge on any atom is 0.334 e. The predicted octanol–water partition coefficient (Wildman–Crippen LogP) is 1.58. The summed E-state index contributed by atoms with van der Waals surface area (Å²) < 4.78 is 0. The Labute approximate surface area is 90.0 Å². The second kappa shape index (κ2) is 4.61. The van der Waals surface area contributed by atoms with E-state index in [4.69, 9.17) is 0 Å². The van der Waals surface area contributed by atoms with Gasteiger partial charge in [0.1, 0.15) is 0 Å². The van der Waals surface area contributed by atoms with Crippen molar-refractivity contribution in [3.63, 3.8) is 0 Å². The average Bonchev–Trinajstić information content (AvgIpc) is 2.00. The van der Waals surface area contributed by atoms with Crippen LogP contribution in [0.3, 0.4) is 0 Å². The summed E-state index contributed by atoms with van der Waals surface area (Å²) in [6, 6.07) is 0. The third-order valence-electron chi connectivity index (χ3n) is 1.49. The number of hydrogen-bond donors (Lipinski definition) is 1. The molecule has 0 rings (SSSR count). The fourth-order valence-corrected chi connectivity index (χ4v) is 0.403. The third kappa shape index (κ3) is 5.37. The van der Waals surface area contributed by atoms with Crippen molar-refractivity contribution in [2.75, 3.05) is 0 Å². The summed E-state index contributed by atoms with van der Waals surface area (Å²) in [5.74, 6) is -0.992. The molecule has 0 amide bonds. The van der Waals surface area contributed by atoms with Crippen molar-refractivity contribution in [1.82, 2.24) is 5.64 Å². The zero-order chi connectivity index (χ0) is 12.3. The molecule has 0 saturated carbocycles. The first-order valence-corrected chi connectivity index (χ1v) is 4.72. The van der Waals surface area contributed by atoms with Gasteiger partial charge in [-0.3, -0.25) is 0 Å². The van der Waals surface area contributed by atoms with Gasteiger partial charge < -0.3 is 9.68 Å². The van der Waals surface area contributed by atoms with Crippen LogP contribution in [0, 0.1) is 10.8 Å². The molecule has 1 N–H and O–H groups in total. The van der Waals surface area contributed by atoms with Gasteiger partial charge in [-0.15, -0.1) is 0 Å². The number of nitrogens with one attached hydrogen (secondary N) is 1. The van der Waals surface area contributed by atoms with Gasteiger partial charge in [-0.25, -0.2) is 9.59 Å². The molecule has 0 spiro atoms. The molecule has 0 aromatic rings. The van der Waals surface area contributed by atoms with Crippen LogP contribution >= 0.6 is 0 Å². The summed E-state index contributed by atoms with van der Waals surface area (Å²) >= 11 is 0. The van der Waals surface area contributed by atoms with Crippen LogP contribution in [0.25, 0.3) is 0 Å². The zero-order valence-electron chi connectivity index (χ0n) is 10.1. The summed E-state index contributed by atoms with van der Waals surface area (Å²) in [5, 5.41) is 0. The molecule has 0 radical (unpaired) electrons. The van der Waals surface area contributed by atoms with Crippen LogP contribution in [0.1, 0.15) is 41.5 Å². The van der Waals surface area contributed by atoms with E-state index in [-0.39, 0.29) is 0 Å². The van der Waals surface area contributed by atoms with Crippen LogP contribution in [-0.2, 0) is 19.3 Å². The van der Waals surface area contributed by atoms with E-state index < -0.39 is 22.8 Å². The molecule has 0 atom stereocenters. The Morgan fingerprint density at radius 2 is 1.07 bits per heavy atom. The van der Waals surface area contributed by atoms with Crippen LogP contribution in [0.5, 0.6) is 0 Å². The van der Waals surface area contributed by atoms with E-state index in [1.807, 2.05) is 5.64 Å². The average molecular weight is 217 g/mol. The molecule has 0 saturated heterocycles. The molecule has 5 heteroatoms. The summed E-state index contributed by atoms with van der Waals surface area (Å²) in [6.45, 7) is 10.2. The van der Waals surface area contributed by atoms with Gasteiger partial charge in [0, 0.05) is 5.64 Å². The van der Waals surface area contributed by atoms with Gasteiger partial charge in [0.2, 0.25) is 0 Å². The van der Waals surface area contributed by atoms with Crippen LogP contribution < -0.4 is 5.64 Å². The lowest BCUT2D eigenvalue weighted by Crippen LogP contribution is -2.34. The van der Waals surface area contributed by atoms with Gasteiger partial charge in [-0.1, -0.05) is 0 Å². The Balaban J connectivity index is 3.92. The largest absolute Gasteiger partial charge is 0.335 e. The maximum atomic E-state index is 11.2. The van der Waals surface area contributed by atoms with E-state index in [0.717, 1.165) is 0 Å². The summed E-state index contributed by atoms with van der Waals surface area (Å²) in [7, 11) is 0. The Morgan fingerprint density at radius 1 is 0.800 bits per heavy atom. The fourth-order valence-electron chi connectivity index (χ4n) is 0.403. The molecule has 0 unspecified atom stereocenters. The quantitative estimate of drug-likeness (QED) is 0.711. The molecule has 0 aromatic carbocycles. The van der Waals surface area contributed by atoms with Gasteiger partial charge in [0.05, 0.1) is 10.8 Å². The lowest BCUT2D eigenvalue weighted by Gasteiger charge is -2.18. The van der Waals surface area contributed by atoms with E-state index in [9.17, 15) is 9.59 Å². The molecule has 0 aromatic heterocycles. The maximum absolute atomic E-state index is 11.2. The standard InChI is InChI=1S/C10H19NO4/c1-9(2,3)7(12)14-11-15-8(13)10(4,5)6/h11H,1-6H3. The highest BCUT2D eigenvalue weighted by molar-refractivity contribution is 5.76. The van der Waals surface area contributed by atoms with Crippen LogP contribution in [-0.4, -0.2) is 11.9 Å².